The number of carbonyl (C=O) groups is 1. The lowest BCUT2D eigenvalue weighted by molar-refractivity contribution is 0.0528. The van der Waals surface area contributed by atoms with Crippen molar-refractivity contribution in [2.45, 2.75) is 32.8 Å². The Morgan fingerprint density at radius 2 is 2.13 bits per heavy atom. The molecule has 23 heavy (non-hydrogen) atoms. The highest BCUT2D eigenvalue weighted by atomic mass is 16.6. The largest absolute Gasteiger partial charge is 0.444 e. The van der Waals surface area contributed by atoms with Crippen LogP contribution in [0, 0.1) is 0 Å². The molecule has 0 aliphatic heterocycles. The molecule has 8 heteroatoms. The molecule has 0 spiro atoms. The van der Waals surface area contributed by atoms with Crippen molar-refractivity contribution in [2.75, 3.05) is 18.4 Å². The molecule has 1 heterocycles. The highest BCUT2D eigenvalue weighted by Gasteiger charge is 2.15. The fraction of sp³-hybridized carbons (Fsp3) is 0.467. The molecule has 0 saturated carbocycles. The number of carbonyl (C=O) groups excluding carboxylic acids is 1. The fourth-order valence-electron chi connectivity index (χ4n) is 1.86. The van der Waals surface area contributed by atoms with Crippen molar-refractivity contribution < 1.29 is 9.53 Å². The molecule has 2 N–H and O–H groups in total. The van der Waals surface area contributed by atoms with Crippen LogP contribution in [-0.2, 0) is 4.74 Å². The molecular weight excluding hydrogens is 296 g/mol. The first kappa shape index (κ1) is 16.7. The van der Waals surface area contributed by atoms with Crippen LogP contribution in [0.5, 0.6) is 0 Å². The third kappa shape index (κ3) is 5.93. The van der Waals surface area contributed by atoms with E-state index in [0.29, 0.717) is 6.54 Å². The number of alkyl carbamates (subject to hydrolysis) is 1. The van der Waals surface area contributed by atoms with Gasteiger partial charge in [0, 0.05) is 18.8 Å². The average molecular weight is 318 g/mol. The number of tetrazole rings is 1. The Morgan fingerprint density at radius 3 is 2.83 bits per heavy atom. The van der Waals surface area contributed by atoms with E-state index in [0.717, 1.165) is 24.3 Å². The summed E-state index contributed by atoms with van der Waals surface area (Å²) >= 11 is 0. The Kier molecular flexibility index (Phi) is 5.51. The topological polar surface area (TPSA) is 94.0 Å². The smallest absolute Gasteiger partial charge is 0.407 e. The second-order valence-corrected chi connectivity index (χ2v) is 6.01. The Balaban J connectivity index is 1.71. The van der Waals surface area contributed by atoms with E-state index in [1.54, 1.807) is 11.0 Å². The number of hydrogen-bond donors (Lipinski definition) is 2. The maximum Gasteiger partial charge on any atom is 0.407 e. The first-order chi connectivity index (χ1) is 10.9. The Bertz CT molecular complexity index is 621. The van der Waals surface area contributed by atoms with Crippen molar-refractivity contribution in [3.05, 3.63) is 30.6 Å². The van der Waals surface area contributed by atoms with Crippen LogP contribution in [0.2, 0.25) is 0 Å². The normalized spacial score (nSPS) is 11.1. The molecule has 0 aliphatic rings. The van der Waals surface area contributed by atoms with Gasteiger partial charge in [-0.05, 0) is 55.8 Å². The zero-order valence-corrected chi connectivity index (χ0v) is 13.6. The molecule has 8 nitrogen and oxygen atoms in total. The number of nitrogens with zero attached hydrogens (tertiary/aromatic N) is 4. The summed E-state index contributed by atoms with van der Waals surface area (Å²) < 4.78 is 6.76. The zero-order chi connectivity index (χ0) is 16.7. The predicted octanol–water partition coefficient (Wildman–Crippen LogP) is 1.99. The Hall–Kier alpha value is -2.64. The fourth-order valence-corrected chi connectivity index (χ4v) is 1.86. The van der Waals surface area contributed by atoms with Crippen molar-refractivity contribution >= 4 is 11.8 Å². The Morgan fingerprint density at radius 1 is 1.30 bits per heavy atom. The van der Waals surface area contributed by atoms with Crippen LogP contribution in [0.4, 0.5) is 10.5 Å². The molecular formula is C15H22N6O2. The van der Waals surface area contributed by atoms with Crippen LogP contribution >= 0.6 is 0 Å². The second-order valence-electron chi connectivity index (χ2n) is 6.01. The van der Waals surface area contributed by atoms with Crippen LogP contribution < -0.4 is 10.6 Å². The summed E-state index contributed by atoms with van der Waals surface area (Å²) in [5.74, 6) is 0. The van der Waals surface area contributed by atoms with Gasteiger partial charge in [-0.1, -0.05) is 6.07 Å². The molecule has 2 aromatic rings. The summed E-state index contributed by atoms with van der Waals surface area (Å²) in [6, 6.07) is 7.77. The monoisotopic (exact) mass is 318 g/mol. The Labute approximate surface area is 135 Å². The van der Waals surface area contributed by atoms with E-state index in [1.807, 2.05) is 45.0 Å². The third-order valence-corrected chi connectivity index (χ3v) is 2.81. The number of nitrogens with one attached hydrogen (secondary N) is 2. The molecule has 0 radical (unpaired) electrons. The van der Waals surface area contributed by atoms with E-state index >= 15 is 0 Å². The van der Waals surface area contributed by atoms with Gasteiger partial charge in [0.05, 0.1) is 5.69 Å². The first-order valence-corrected chi connectivity index (χ1v) is 7.48. The van der Waals surface area contributed by atoms with E-state index in [2.05, 4.69) is 26.2 Å². The van der Waals surface area contributed by atoms with Gasteiger partial charge in [-0.15, -0.1) is 5.10 Å². The standard InChI is InChI=1S/C15H22N6O2/c1-15(2,3)23-14(22)17-9-5-8-16-12-6-4-7-13(10-12)21-11-18-19-20-21/h4,6-7,10-11,16H,5,8-9H2,1-3H3,(H,17,22). The molecule has 0 saturated heterocycles. The van der Waals surface area contributed by atoms with E-state index in [1.165, 1.54) is 0 Å². The zero-order valence-electron chi connectivity index (χ0n) is 13.6. The summed E-state index contributed by atoms with van der Waals surface area (Å²) in [5, 5.41) is 17.1. The van der Waals surface area contributed by atoms with Crippen LogP contribution in [-0.4, -0.2) is 45.0 Å². The number of hydrogen-bond acceptors (Lipinski definition) is 6. The van der Waals surface area contributed by atoms with Gasteiger partial charge in [0.15, 0.2) is 0 Å². The number of aromatic nitrogens is 4. The molecule has 1 aromatic carbocycles. The number of ether oxygens (including phenoxy) is 1. The SMILES string of the molecule is CC(C)(C)OC(=O)NCCCNc1cccc(-n2cnnn2)c1. The van der Waals surface area contributed by atoms with Gasteiger partial charge in [0.25, 0.3) is 0 Å². The van der Waals surface area contributed by atoms with Gasteiger partial charge in [-0.2, -0.15) is 0 Å². The first-order valence-electron chi connectivity index (χ1n) is 7.48. The van der Waals surface area contributed by atoms with Crippen molar-refractivity contribution in [1.29, 1.82) is 0 Å². The lowest BCUT2D eigenvalue weighted by Gasteiger charge is -2.19. The van der Waals surface area contributed by atoms with Crippen molar-refractivity contribution in [3.63, 3.8) is 0 Å². The highest BCUT2D eigenvalue weighted by Crippen LogP contribution is 2.13. The molecule has 0 fully saturated rings. The third-order valence-electron chi connectivity index (χ3n) is 2.81. The predicted molar refractivity (Wildman–Crippen MR) is 86.5 cm³/mol. The average Bonchev–Trinajstić information content (AvgIpc) is 2.99. The minimum Gasteiger partial charge on any atom is -0.444 e. The van der Waals surface area contributed by atoms with Crippen molar-refractivity contribution in [3.8, 4) is 5.69 Å². The lowest BCUT2D eigenvalue weighted by atomic mass is 10.2. The van der Waals surface area contributed by atoms with E-state index in [9.17, 15) is 4.79 Å². The lowest BCUT2D eigenvalue weighted by Crippen LogP contribution is -2.33. The molecule has 0 bridgehead atoms. The highest BCUT2D eigenvalue weighted by molar-refractivity contribution is 5.67. The van der Waals surface area contributed by atoms with Crippen LogP contribution in [0.1, 0.15) is 27.2 Å². The molecule has 0 aliphatic carbocycles. The molecule has 2 rings (SSSR count). The van der Waals surface area contributed by atoms with Gasteiger partial charge in [-0.3, -0.25) is 0 Å². The summed E-state index contributed by atoms with van der Waals surface area (Å²) in [7, 11) is 0. The molecule has 124 valence electrons. The number of anilines is 1. The number of benzene rings is 1. The maximum absolute atomic E-state index is 11.5. The minimum absolute atomic E-state index is 0.391. The van der Waals surface area contributed by atoms with Gasteiger partial charge in [-0.25, -0.2) is 9.48 Å². The summed E-state index contributed by atoms with van der Waals surface area (Å²) in [4.78, 5) is 11.5. The van der Waals surface area contributed by atoms with E-state index in [4.69, 9.17) is 4.74 Å². The van der Waals surface area contributed by atoms with Gasteiger partial charge in [0.1, 0.15) is 11.9 Å². The van der Waals surface area contributed by atoms with Gasteiger partial charge < -0.3 is 15.4 Å². The van der Waals surface area contributed by atoms with Crippen molar-refractivity contribution in [1.82, 2.24) is 25.5 Å². The maximum atomic E-state index is 11.5. The molecule has 1 aromatic heterocycles. The number of amides is 1. The summed E-state index contributed by atoms with van der Waals surface area (Å²) in [6.45, 7) is 6.80. The minimum atomic E-state index is -0.473. The quantitative estimate of drug-likeness (QED) is 0.791. The summed E-state index contributed by atoms with van der Waals surface area (Å²) in [6.07, 6.45) is 1.94. The molecule has 0 unspecified atom stereocenters. The van der Waals surface area contributed by atoms with Crippen LogP contribution in [0.25, 0.3) is 5.69 Å². The van der Waals surface area contributed by atoms with Crippen molar-refractivity contribution in [2.24, 2.45) is 0 Å². The number of rotatable bonds is 6. The van der Waals surface area contributed by atoms with E-state index < -0.39 is 11.7 Å². The second kappa shape index (κ2) is 7.57. The van der Waals surface area contributed by atoms with Crippen LogP contribution in [0.15, 0.2) is 30.6 Å². The van der Waals surface area contributed by atoms with E-state index in [-0.39, 0.29) is 0 Å². The van der Waals surface area contributed by atoms with Gasteiger partial charge in [0.2, 0.25) is 0 Å². The summed E-state index contributed by atoms with van der Waals surface area (Å²) in [5.41, 5.74) is 1.38. The van der Waals surface area contributed by atoms with Gasteiger partial charge >= 0.3 is 6.09 Å². The molecule has 1 amide bonds. The molecule has 0 atom stereocenters. The van der Waals surface area contributed by atoms with Crippen LogP contribution in [0.3, 0.4) is 0 Å².